The number of nitrogens with zero attached hydrogens (tertiary/aromatic N) is 1. The van der Waals surface area contributed by atoms with Crippen LogP contribution in [0.25, 0.3) is 10.9 Å². The van der Waals surface area contributed by atoms with E-state index in [1.165, 1.54) is 6.07 Å². The van der Waals surface area contributed by atoms with E-state index in [0.717, 1.165) is 10.9 Å². The van der Waals surface area contributed by atoms with Gasteiger partial charge in [0.15, 0.2) is 5.78 Å². The molecule has 0 atom stereocenters. The lowest BCUT2D eigenvalue weighted by Gasteiger charge is -2.06. The van der Waals surface area contributed by atoms with Crippen LogP contribution >= 0.6 is 15.9 Å². The summed E-state index contributed by atoms with van der Waals surface area (Å²) in [6.07, 6.45) is 1.64. The van der Waals surface area contributed by atoms with Gasteiger partial charge >= 0.3 is 0 Å². The highest BCUT2D eigenvalue weighted by molar-refractivity contribution is 9.10. The number of benzene rings is 2. The van der Waals surface area contributed by atoms with Crippen molar-refractivity contribution < 1.29 is 9.18 Å². The molecule has 0 N–H and O–H groups in total. The first-order valence-corrected chi connectivity index (χ1v) is 7.25. The number of para-hydroxylation sites is 1. The van der Waals surface area contributed by atoms with Gasteiger partial charge in [-0.1, -0.05) is 40.2 Å². The number of fused-ring (bicyclic) bond motifs is 1. The number of carbonyl (C=O) groups excluding carboxylic acids is 1. The van der Waals surface area contributed by atoms with Crippen LogP contribution in [0.3, 0.4) is 0 Å². The quantitative estimate of drug-likeness (QED) is 0.652. The van der Waals surface area contributed by atoms with Gasteiger partial charge in [-0.2, -0.15) is 0 Å². The predicted octanol–water partition coefficient (Wildman–Crippen LogP) is 4.56. The van der Waals surface area contributed by atoms with Gasteiger partial charge in [0.25, 0.3) is 0 Å². The molecule has 0 amide bonds. The molecule has 2 nitrogen and oxygen atoms in total. The van der Waals surface area contributed by atoms with Gasteiger partial charge in [-0.15, -0.1) is 0 Å². The summed E-state index contributed by atoms with van der Waals surface area (Å²) in [5, 5.41) is 0.794. The van der Waals surface area contributed by atoms with Crippen LogP contribution < -0.4 is 0 Å². The first-order valence-electron chi connectivity index (χ1n) is 6.46. The Hall–Kier alpha value is -2.07. The highest BCUT2D eigenvalue weighted by Gasteiger charge is 2.13. The molecule has 0 saturated carbocycles. The Kier molecular flexibility index (Phi) is 3.80. The Morgan fingerprint density at radius 2 is 1.95 bits per heavy atom. The van der Waals surface area contributed by atoms with Crippen LogP contribution in [0.2, 0.25) is 0 Å². The molecule has 1 heterocycles. The summed E-state index contributed by atoms with van der Waals surface area (Å²) < 4.78 is 14.5. The number of hydrogen-bond acceptors (Lipinski definition) is 2. The molecule has 0 spiro atoms. The van der Waals surface area contributed by atoms with Gasteiger partial charge in [0.05, 0.1) is 5.52 Å². The van der Waals surface area contributed by atoms with Crippen molar-refractivity contribution in [2.75, 3.05) is 0 Å². The second-order valence-corrected chi connectivity index (χ2v) is 5.63. The molecule has 0 aliphatic carbocycles. The first-order chi connectivity index (χ1) is 10.1. The number of ketones is 1. The van der Waals surface area contributed by atoms with Gasteiger partial charge in [0.2, 0.25) is 0 Å². The maximum atomic E-state index is 13.8. The van der Waals surface area contributed by atoms with Crippen LogP contribution in [0, 0.1) is 5.82 Å². The average Bonchev–Trinajstić information content (AvgIpc) is 2.49. The van der Waals surface area contributed by atoms with E-state index in [2.05, 4.69) is 20.9 Å². The molecule has 0 bridgehead atoms. The third-order valence-electron chi connectivity index (χ3n) is 3.32. The minimum Gasteiger partial charge on any atom is -0.294 e. The maximum Gasteiger partial charge on any atom is 0.168 e. The zero-order chi connectivity index (χ0) is 14.8. The lowest BCUT2D eigenvalue weighted by molar-refractivity contribution is 0.0993. The van der Waals surface area contributed by atoms with Crippen LogP contribution in [0.15, 0.2) is 59.2 Å². The molecule has 21 heavy (non-hydrogen) atoms. The number of halogens is 2. The summed E-state index contributed by atoms with van der Waals surface area (Å²) in [4.78, 5) is 16.7. The molecule has 0 fully saturated rings. The van der Waals surface area contributed by atoms with Crippen molar-refractivity contribution in [1.29, 1.82) is 0 Å². The van der Waals surface area contributed by atoms with E-state index in [-0.39, 0.29) is 18.0 Å². The largest absolute Gasteiger partial charge is 0.294 e. The van der Waals surface area contributed by atoms with Crippen molar-refractivity contribution in [1.82, 2.24) is 4.98 Å². The fraction of sp³-hybridized carbons (Fsp3) is 0.0588. The zero-order valence-electron chi connectivity index (χ0n) is 11.0. The molecule has 0 aliphatic heterocycles. The number of Topliss-reactive ketones (excluding diaryl/α,β-unsaturated/α-hetero) is 1. The van der Waals surface area contributed by atoms with E-state index in [1.54, 1.807) is 24.4 Å². The van der Waals surface area contributed by atoms with Gasteiger partial charge < -0.3 is 0 Å². The molecule has 0 saturated heterocycles. The van der Waals surface area contributed by atoms with Gasteiger partial charge in [-0.25, -0.2) is 4.39 Å². The second-order valence-electron chi connectivity index (χ2n) is 4.71. The minimum absolute atomic E-state index is 0.0348. The van der Waals surface area contributed by atoms with Crippen molar-refractivity contribution >= 4 is 32.6 Å². The Balaban J connectivity index is 1.97. The van der Waals surface area contributed by atoms with Crippen LogP contribution in [0.4, 0.5) is 4.39 Å². The minimum atomic E-state index is -0.379. The molecule has 0 aliphatic rings. The van der Waals surface area contributed by atoms with Crippen LogP contribution in [-0.2, 0) is 6.42 Å². The molecule has 0 radical (unpaired) electrons. The van der Waals surface area contributed by atoms with Crippen molar-refractivity contribution in [3.63, 3.8) is 0 Å². The Morgan fingerprint density at radius 1 is 1.14 bits per heavy atom. The lowest BCUT2D eigenvalue weighted by Crippen LogP contribution is -2.06. The van der Waals surface area contributed by atoms with Crippen molar-refractivity contribution in [3.8, 4) is 0 Å². The number of carbonyl (C=O) groups is 1. The molecule has 2 aromatic carbocycles. The molecule has 104 valence electrons. The molecular formula is C17H11BrFNO. The molecule has 4 heteroatoms. The molecule has 3 rings (SSSR count). The average molecular weight is 344 g/mol. The highest BCUT2D eigenvalue weighted by Crippen LogP contribution is 2.20. The first kappa shape index (κ1) is 13.9. The number of rotatable bonds is 3. The molecule has 3 aromatic rings. The lowest BCUT2D eigenvalue weighted by atomic mass is 10.00. The zero-order valence-corrected chi connectivity index (χ0v) is 12.6. The van der Waals surface area contributed by atoms with Gasteiger partial charge in [0, 0.05) is 28.0 Å². The summed E-state index contributed by atoms with van der Waals surface area (Å²) in [6, 6.07) is 13.9. The fourth-order valence-corrected chi connectivity index (χ4v) is 2.61. The van der Waals surface area contributed by atoms with Crippen LogP contribution in [0.5, 0.6) is 0 Å². The molecule has 1 aromatic heterocycles. The Morgan fingerprint density at radius 3 is 2.76 bits per heavy atom. The number of hydrogen-bond donors (Lipinski definition) is 0. The predicted molar refractivity (Wildman–Crippen MR) is 83.9 cm³/mol. The normalized spacial score (nSPS) is 10.8. The summed E-state index contributed by atoms with van der Waals surface area (Å²) >= 11 is 3.21. The van der Waals surface area contributed by atoms with E-state index >= 15 is 0 Å². The maximum absolute atomic E-state index is 13.8. The monoisotopic (exact) mass is 343 g/mol. The van der Waals surface area contributed by atoms with Gasteiger partial charge in [-0.3, -0.25) is 9.78 Å². The number of aromatic nitrogens is 1. The molecular weight excluding hydrogens is 333 g/mol. The van der Waals surface area contributed by atoms with E-state index in [1.807, 2.05) is 24.3 Å². The SMILES string of the molecule is O=C(Cc1ccc(Br)cc1F)c1ccnc2ccccc12. The highest BCUT2D eigenvalue weighted by atomic mass is 79.9. The smallest absolute Gasteiger partial charge is 0.168 e. The Bertz CT molecular complexity index is 827. The third kappa shape index (κ3) is 2.85. The van der Waals surface area contributed by atoms with Crippen LogP contribution in [0.1, 0.15) is 15.9 Å². The summed E-state index contributed by atoms with van der Waals surface area (Å²) in [5.74, 6) is -0.495. The summed E-state index contributed by atoms with van der Waals surface area (Å²) in [5.41, 5.74) is 1.73. The molecule has 0 unspecified atom stereocenters. The summed E-state index contributed by atoms with van der Waals surface area (Å²) in [6.45, 7) is 0. The van der Waals surface area contributed by atoms with Crippen molar-refractivity contribution in [2.45, 2.75) is 6.42 Å². The van der Waals surface area contributed by atoms with Crippen LogP contribution in [-0.4, -0.2) is 10.8 Å². The van der Waals surface area contributed by atoms with E-state index in [0.29, 0.717) is 15.6 Å². The van der Waals surface area contributed by atoms with Gasteiger partial charge in [-0.05, 0) is 29.8 Å². The number of pyridine rings is 1. The fourth-order valence-electron chi connectivity index (χ4n) is 2.27. The van der Waals surface area contributed by atoms with E-state index in [4.69, 9.17) is 0 Å². The third-order valence-corrected chi connectivity index (χ3v) is 3.81. The Labute approximate surface area is 129 Å². The standard InChI is InChI=1S/C17H11BrFNO/c18-12-6-5-11(15(19)10-12)9-17(21)14-7-8-20-16-4-2-1-3-13(14)16/h1-8,10H,9H2. The summed E-state index contributed by atoms with van der Waals surface area (Å²) in [7, 11) is 0. The van der Waals surface area contributed by atoms with E-state index in [9.17, 15) is 9.18 Å². The van der Waals surface area contributed by atoms with Gasteiger partial charge in [0.1, 0.15) is 5.82 Å². The van der Waals surface area contributed by atoms with Crippen molar-refractivity contribution in [2.24, 2.45) is 0 Å². The second kappa shape index (κ2) is 5.74. The topological polar surface area (TPSA) is 30.0 Å². The van der Waals surface area contributed by atoms with E-state index < -0.39 is 0 Å². The van der Waals surface area contributed by atoms with Crippen molar-refractivity contribution in [3.05, 3.63) is 76.1 Å².